The number of halogens is 1. The summed E-state index contributed by atoms with van der Waals surface area (Å²) in [6.07, 6.45) is 0. The third-order valence-corrected chi connectivity index (χ3v) is 5.78. The maximum absolute atomic E-state index is 15.3. The van der Waals surface area contributed by atoms with Crippen molar-refractivity contribution in [2.75, 3.05) is 13.1 Å². The summed E-state index contributed by atoms with van der Waals surface area (Å²) in [7, 11) is 0. The van der Waals surface area contributed by atoms with Gasteiger partial charge < -0.3 is 9.88 Å². The molecule has 3 aromatic rings. The van der Waals surface area contributed by atoms with Gasteiger partial charge in [0.25, 0.3) is 5.91 Å². The molecule has 0 spiro atoms. The molecular formula is C24H23FN4O. The van der Waals surface area contributed by atoms with Crippen molar-refractivity contribution in [1.82, 2.24) is 14.9 Å². The van der Waals surface area contributed by atoms with Crippen LogP contribution in [0.25, 0.3) is 11.3 Å². The Hall–Kier alpha value is -3.46. The van der Waals surface area contributed by atoms with Crippen LogP contribution in [-0.2, 0) is 5.67 Å². The van der Waals surface area contributed by atoms with Crippen LogP contribution in [0.4, 0.5) is 4.39 Å². The summed E-state index contributed by atoms with van der Waals surface area (Å²) >= 11 is 0. The zero-order valence-corrected chi connectivity index (χ0v) is 17.5. The van der Waals surface area contributed by atoms with Gasteiger partial charge in [-0.05, 0) is 62.6 Å². The van der Waals surface area contributed by atoms with E-state index in [1.807, 2.05) is 45.9 Å². The SMILES string of the molecule is Cc1nc(C)c(-c2cc(C(=O)N3CC(F)(c4ccc(C#N)cc4)C3)c(C)cc2C)[nH]1. The van der Waals surface area contributed by atoms with Crippen LogP contribution in [0.1, 0.15) is 44.1 Å². The molecule has 1 aliphatic rings. The topological polar surface area (TPSA) is 72.8 Å². The largest absolute Gasteiger partial charge is 0.342 e. The van der Waals surface area contributed by atoms with E-state index in [-0.39, 0.29) is 19.0 Å². The van der Waals surface area contributed by atoms with Crippen molar-refractivity contribution < 1.29 is 9.18 Å². The molecule has 0 atom stereocenters. The van der Waals surface area contributed by atoms with Gasteiger partial charge in [0.2, 0.25) is 0 Å². The minimum Gasteiger partial charge on any atom is -0.342 e. The highest BCUT2D eigenvalue weighted by atomic mass is 19.1. The van der Waals surface area contributed by atoms with Gasteiger partial charge in [0.05, 0.1) is 36.1 Å². The number of benzene rings is 2. The highest BCUT2D eigenvalue weighted by Gasteiger charge is 2.47. The second-order valence-electron chi connectivity index (χ2n) is 8.08. The summed E-state index contributed by atoms with van der Waals surface area (Å²) in [5, 5.41) is 8.91. The summed E-state index contributed by atoms with van der Waals surface area (Å²) < 4.78 is 15.3. The van der Waals surface area contributed by atoms with Gasteiger partial charge in [0.15, 0.2) is 5.67 Å². The lowest BCUT2D eigenvalue weighted by atomic mass is 9.86. The van der Waals surface area contributed by atoms with E-state index in [9.17, 15) is 4.79 Å². The monoisotopic (exact) mass is 402 g/mol. The van der Waals surface area contributed by atoms with Crippen molar-refractivity contribution in [1.29, 1.82) is 5.26 Å². The molecule has 6 heteroatoms. The van der Waals surface area contributed by atoms with E-state index in [1.54, 1.807) is 24.3 Å². The molecule has 1 amide bonds. The molecule has 0 aliphatic carbocycles. The average Bonchev–Trinajstić information content (AvgIpc) is 3.03. The van der Waals surface area contributed by atoms with Gasteiger partial charge in [-0.1, -0.05) is 18.2 Å². The van der Waals surface area contributed by atoms with Crippen LogP contribution in [0.3, 0.4) is 0 Å². The smallest absolute Gasteiger partial charge is 0.254 e. The number of carbonyl (C=O) groups is 1. The van der Waals surface area contributed by atoms with Gasteiger partial charge in [-0.2, -0.15) is 5.26 Å². The number of nitriles is 1. The number of aryl methyl sites for hydroxylation is 4. The number of hydrogen-bond donors (Lipinski definition) is 1. The van der Waals surface area contributed by atoms with Crippen LogP contribution < -0.4 is 0 Å². The predicted octanol–water partition coefficient (Wildman–Crippen LogP) is 4.50. The molecule has 5 nitrogen and oxygen atoms in total. The summed E-state index contributed by atoms with van der Waals surface area (Å²) in [6.45, 7) is 7.75. The lowest BCUT2D eigenvalue weighted by molar-refractivity contribution is -0.0231. The number of nitrogens with one attached hydrogen (secondary N) is 1. The van der Waals surface area contributed by atoms with Crippen LogP contribution in [0.15, 0.2) is 36.4 Å². The molecule has 2 heterocycles. The standard InChI is InChI=1S/C24H23FN4O/c1-14-9-15(2)21(10-20(14)22-16(3)27-17(4)28-22)23(30)29-12-24(25,13-29)19-7-5-18(11-26)6-8-19/h5-10H,12-13H2,1-4H3,(H,27,28). The van der Waals surface area contributed by atoms with Crippen molar-refractivity contribution in [3.8, 4) is 17.3 Å². The van der Waals surface area contributed by atoms with E-state index in [2.05, 4.69) is 9.97 Å². The summed E-state index contributed by atoms with van der Waals surface area (Å²) in [6, 6.07) is 12.4. The molecular weight excluding hydrogens is 379 g/mol. The summed E-state index contributed by atoms with van der Waals surface area (Å²) in [4.78, 5) is 22.4. The lowest BCUT2D eigenvalue weighted by Crippen LogP contribution is -2.58. The van der Waals surface area contributed by atoms with Gasteiger partial charge in [0, 0.05) is 11.1 Å². The number of aromatic amines is 1. The normalized spacial score (nSPS) is 14.9. The van der Waals surface area contributed by atoms with E-state index < -0.39 is 5.67 Å². The predicted molar refractivity (Wildman–Crippen MR) is 113 cm³/mol. The number of nitrogens with zero attached hydrogens (tertiary/aromatic N) is 3. The van der Waals surface area contributed by atoms with Crippen molar-refractivity contribution in [3.05, 3.63) is 75.7 Å². The fraction of sp³-hybridized carbons (Fsp3) is 0.292. The molecule has 1 aromatic heterocycles. The molecule has 1 N–H and O–H groups in total. The van der Waals surface area contributed by atoms with E-state index in [0.717, 1.165) is 33.9 Å². The number of H-pyrrole nitrogens is 1. The van der Waals surface area contributed by atoms with E-state index in [4.69, 9.17) is 5.26 Å². The van der Waals surface area contributed by atoms with Crippen molar-refractivity contribution in [2.45, 2.75) is 33.4 Å². The molecule has 0 bridgehead atoms. The zero-order valence-electron chi connectivity index (χ0n) is 17.5. The highest BCUT2D eigenvalue weighted by Crippen LogP contribution is 2.38. The van der Waals surface area contributed by atoms with Gasteiger partial charge in [0.1, 0.15) is 5.82 Å². The van der Waals surface area contributed by atoms with E-state index in [0.29, 0.717) is 16.7 Å². The fourth-order valence-corrected chi connectivity index (χ4v) is 4.12. The Labute approximate surface area is 175 Å². The molecule has 0 radical (unpaired) electrons. The fourth-order valence-electron chi connectivity index (χ4n) is 4.12. The van der Waals surface area contributed by atoms with E-state index in [1.165, 1.54) is 4.90 Å². The molecule has 152 valence electrons. The van der Waals surface area contributed by atoms with Crippen molar-refractivity contribution >= 4 is 5.91 Å². The quantitative estimate of drug-likeness (QED) is 0.701. The highest BCUT2D eigenvalue weighted by molar-refractivity contribution is 5.98. The molecule has 0 saturated carbocycles. The number of aromatic nitrogens is 2. The Balaban J connectivity index is 1.59. The Morgan fingerprint density at radius 2 is 1.80 bits per heavy atom. The molecule has 1 saturated heterocycles. The molecule has 30 heavy (non-hydrogen) atoms. The van der Waals surface area contributed by atoms with Crippen LogP contribution >= 0.6 is 0 Å². The first-order valence-electron chi connectivity index (χ1n) is 9.85. The number of likely N-dealkylation sites (tertiary alicyclic amines) is 1. The van der Waals surface area contributed by atoms with E-state index >= 15 is 4.39 Å². The molecule has 4 rings (SSSR count). The Bertz CT molecular complexity index is 1180. The number of imidazole rings is 1. The Morgan fingerprint density at radius 1 is 1.13 bits per heavy atom. The first-order valence-corrected chi connectivity index (χ1v) is 9.85. The minimum atomic E-state index is -1.58. The molecule has 1 aliphatic heterocycles. The van der Waals surface area contributed by atoms with Crippen LogP contribution in [-0.4, -0.2) is 33.9 Å². The maximum Gasteiger partial charge on any atom is 0.254 e. The lowest BCUT2D eigenvalue weighted by Gasteiger charge is -2.45. The molecule has 0 unspecified atom stereocenters. The van der Waals surface area contributed by atoms with Gasteiger partial charge in [-0.3, -0.25) is 4.79 Å². The third kappa shape index (κ3) is 3.26. The maximum atomic E-state index is 15.3. The summed E-state index contributed by atoms with van der Waals surface area (Å²) in [5.41, 5.74) is 4.61. The number of alkyl halides is 1. The summed E-state index contributed by atoms with van der Waals surface area (Å²) in [5.74, 6) is 0.646. The first-order chi connectivity index (χ1) is 14.2. The van der Waals surface area contributed by atoms with Crippen LogP contribution in [0, 0.1) is 39.0 Å². The number of rotatable bonds is 3. The third-order valence-electron chi connectivity index (χ3n) is 5.78. The number of carbonyl (C=O) groups excluding carboxylic acids is 1. The molecule has 1 fully saturated rings. The average molecular weight is 402 g/mol. The first kappa shape index (κ1) is 19.8. The number of hydrogen-bond acceptors (Lipinski definition) is 3. The van der Waals surface area contributed by atoms with Crippen LogP contribution in [0.2, 0.25) is 0 Å². The van der Waals surface area contributed by atoms with Gasteiger partial charge in [-0.25, -0.2) is 9.37 Å². The Morgan fingerprint density at radius 3 is 2.37 bits per heavy atom. The van der Waals surface area contributed by atoms with Crippen molar-refractivity contribution in [2.24, 2.45) is 0 Å². The van der Waals surface area contributed by atoms with Crippen LogP contribution in [0.5, 0.6) is 0 Å². The van der Waals surface area contributed by atoms with Gasteiger partial charge in [-0.15, -0.1) is 0 Å². The second-order valence-corrected chi connectivity index (χ2v) is 8.08. The van der Waals surface area contributed by atoms with Gasteiger partial charge >= 0.3 is 0 Å². The number of amides is 1. The van der Waals surface area contributed by atoms with Crippen molar-refractivity contribution in [3.63, 3.8) is 0 Å². The minimum absolute atomic E-state index is 0.00256. The zero-order chi connectivity index (χ0) is 21.6. The second kappa shape index (κ2) is 7.10. The Kier molecular flexibility index (Phi) is 4.70. The molecule has 2 aromatic carbocycles.